The van der Waals surface area contributed by atoms with Crippen LogP contribution in [0.5, 0.6) is 0 Å². The fourth-order valence-electron chi connectivity index (χ4n) is 4.99. The third-order valence-electron chi connectivity index (χ3n) is 7.92. The van der Waals surface area contributed by atoms with Gasteiger partial charge >= 0.3 is 19.8 Å². The van der Waals surface area contributed by atoms with E-state index in [-0.39, 0.29) is 19.4 Å². The fraction of sp³-hybridized carbons (Fsp3) is 0.889. The Morgan fingerprint density at radius 2 is 1.04 bits per heavy atom. The third-order valence-corrected chi connectivity index (χ3v) is 8.87. The van der Waals surface area contributed by atoms with Crippen molar-refractivity contribution in [2.24, 2.45) is 0 Å². The summed E-state index contributed by atoms with van der Waals surface area (Å²) in [5.74, 6) is -0.936. The highest BCUT2D eigenvalue weighted by molar-refractivity contribution is 7.47. The van der Waals surface area contributed by atoms with E-state index in [1.165, 1.54) is 77.0 Å². The van der Waals surface area contributed by atoms with Gasteiger partial charge in [-0.2, -0.15) is 0 Å². The van der Waals surface area contributed by atoms with Crippen molar-refractivity contribution in [3.63, 3.8) is 0 Å². The maximum Gasteiger partial charge on any atom is 0.472 e. The zero-order chi connectivity index (χ0) is 34.9. The van der Waals surface area contributed by atoms with Crippen LogP contribution in [0, 0.1) is 0 Å². The van der Waals surface area contributed by atoms with Crippen LogP contribution in [0.25, 0.3) is 0 Å². The molecule has 0 rings (SSSR count). The second-order valence-corrected chi connectivity index (χ2v) is 14.1. The summed E-state index contributed by atoms with van der Waals surface area (Å²) in [7, 11) is -4.60. The summed E-state index contributed by atoms with van der Waals surface area (Å²) in [5, 5.41) is 18.2. The van der Waals surface area contributed by atoms with Crippen LogP contribution in [0.2, 0.25) is 0 Å². The van der Waals surface area contributed by atoms with Gasteiger partial charge in [-0.1, -0.05) is 129 Å². The van der Waals surface area contributed by atoms with E-state index >= 15 is 0 Å². The predicted molar refractivity (Wildman–Crippen MR) is 187 cm³/mol. The Hall–Kier alpha value is -1.29. The predicted octanol–water partition coefficient (Wildman–Crippen LogP) is 8.89. The summed E-state index contributed by atoms with van der Waals surface area (Å²) in [6, 6.07) is 0. The molecule has 0 amide bonds. The van der Waals surface area contributed by atoms with Gasteiger partial charge < -0.3 is 24.6 Å². The lowest BCUT2D eigenvalue weighted by Gasteiger charge is -2.20. The molecule has 0 aromatic carbocycles. The highest BCUT2D eigenvalue weighted by Gasteiger charge is 2.27. The first-order valence-electron chi connectivity index (χ1n) is 18.6. The molecule has 0 aromatic rings. The monoisotopic (exact) mass is 692 g/mol. The molecule has 0 aliphatic rings. The van der Waals surface area contributed by atoms with E-state index in [9.17, 15) is 24.2 Å². The van der Waals surface area contributed by atoms with Crippen molar-refractivity contribution in [2.45, 2.75) is 180 Å². The van der Waals surface area contributed by atoms with Gasteiger partial charge in [-0.15, -0.1) is 0 Å². The quantitative estimate of drug-likeness (QED) is 0.0254. The molecular weight excluding hydrogens is 623 g/mol. The fourth-order valence-corrected chi connectivity index (χ4v) is 5.78. The van der Waals surface area contributed by atoms with E-state index in [1.54, 1.807) is 0 Å². The van der Waals surface area contributed by atoms with Crippen LogP contribution in [0.4, 0.5) is 0 Å². The average molecular weight is 693 g/mol. The van der Waals surface area contributed by atoms with Crippen LogP contribution in [0.3, 0.4) is 0 Å². The van der Waals surface area contributed by atoms with Gasteiger partial charge in [0.2, 0.25) is 0 Å². The maximum absolute atomic E-state index is 12.5. The molecule has 0 saturated heterocycles. The van der Waals surface area contributed by atoms with E-state index in [2.05, 4.69) is 30.5 Å². The number of ether oxygens (including phenoxy) is 2. The first-order valence-corrected chi connectivity index (χ1v) is 20.1. The minimum atomic E-state index is -4.60. The lowest BCUT2D eigenvalue weighted by molar-refractivity contribution is -0.161. The molecule has 11 heteroatoms. The van der Waals surface area contributed by atoms with Gasteiger partial charge in [0.1, 0.15) is 12.7 Å². The normalized spacial score (nSPS) is 14.2. The molecule has 0 fully saturated rings. The van der Waals surface area contributed by atoms with Crippen LogP contribution in [0.1, 0.15) is 168 Å². The Morgan fingerprint density at radius 1 is 0.617 bits per heavy atom. The summed E-state index contributed by atoms with van der Waals surface area (Å²) in [5.41, 5.74) is 0. The van der Waals surface area contributed by atoms with Crippen LogP contribution in [0.15, 0.2) is 12.2 Å². The smallest absolute Gasteiger partial charge is 0.462 e. The van der Waals surface area contributed by atoms with Gasteiger partial charge in [0.05, 0.1) is 19.8 Å². The molecule has 10 nitrogen and oxygen atoms in total. The van der Waals surface area contributed by atoms with Crippen LogP contribution < -0.4 is 0 Å². The summed E-state index contributed by atoms with van der Waals surface area (Å²) in [6.45, 7) is 2.29. The molecule has 278 valence electrons. The maximum atomic E-state index is 12.5. The van der Waals surface area contributed by atoms with E-state index in [4.69, 9.17) is 19.1 Å². The number of phosphoric ester groups is 1. The third kappa shape index (κ3) is 33.0. The Kier molecular flexibility index (Phi) is 32.3. The van der Waals surface area contributed by atoms with Gasteiger partial charge in [-0.3, -0.25) is 18.6 Å². The summed E-state index contributed by atoms with van der Waals surface area (Å²) in [6.07, 6.45) is 27.9. The van der Waals surface area contributed by atoms with Crippen molar-refractivity contribution in [3.05, 3.63) is 12.2 Å². The number of phosphoric acid groups is 1. The number of hydrogen-bond donors (Lipinski definition) is 3. The number of hydrogen-bond acceptors (Lipinski definition) is 9. The number of aliphatic hydroxyl groups is 2. The highest BCUT2D eigenvalue weighted by Crippen LogP contribution is 2.43. The zero-order valence-electron chi connectivity index (χ0n) is 29.8. The van der Waals surface area contributed by atoms with Crippen LogP contribution in [-0.2, 0) is 32.7 Å². The van der Waals surface area contributed by atoms with Crippen molar-refractivity contribution in [2.75, 3.05) is 26.4 Å². The number of carbonyl (C=O) groups excluding carboxylic acids is 2. The van der Waals surface area contributed by atoms with E-state index < -0.39 is 51.8 Å². The molecular formula is C36H69O10P. The lowest BCUT2D eigenvalue weighted by Crippen LogP contribution is -2.29. The van der Waals surface area contributed by atoms with E-state index in [0.717, 1.165) is 51.4 Å². The van der Waals surface area contributed by atoms with Gasteiger partial charge in [-0.05, 0) is 38.5 Å². The molecule has 0 aromatic heterocycles. The number of esters is 2. The molecule has 0 radical (unpaired) electrons. The van der Waals surface area contributed by atoms with Gasteiger partial charge in [0, 0.05) is 12.8 Å². The number of aliphatic hydroxyl groups excluding tert-OH is 2. The molecule has 47 heavy (non-hydrogen) atoms. The first-order chi connectivity index (χ1) is 22.7. The van der Waals surface area contributed by atoms with Gasteiger partial charge in [0.25, 0.3) is 0 Å². The molecule has 0 aliphatic heterocycles. The van der Waals surface area contributed by atoms with E-state index in [0.29, 0.717) is 12.8 Å². The second kappa shape index (κ2) is 33.2. The number of unbranched alkanes of at least 4 members (excludes halogenated alkanes) is 19. The molecule has 3 N–H and O–H groups in total. The average Bonchev–Trinajstić information content (AvgIpc) is 3.05. The Labute approximate surface area is 286 Å². The molecule has 0 aliphatic carbocycles. The molecule has 3 atom stereocenters. The van der Waals surface area contributed by atoms with Crippen LogP contribution >= 0.6 is 7.82 Å². The SMILES string of the molecule is CCCCCCCCC/C=C\CCCCCCCCCC(=O)OC(COC(=O)CCCCCCCC)COP(=O)(O)OCC(O)CO. The van der Waals surface area contributed by atoms with Crippen molar-refractivity contribution in [3.8, 4) is 0 Å². The summed E-state index contributed by atoms with van der Waals surface area (Å²) in [4.78, 5) is 34.6. The highest BCUT2D eigenvalue weighted by atomic mass is 31.2. The van der Waals surface area contributed by atoms with Crippen LogP contribution in [-0.4, -0.2) is 65.7 Å². The van der Waals surface area contributed by atoms with Gasteiger partial charge in [0.15, 0.2) is 6.10 Å². The summed E-state index contributed by atoms with van der Waals surface area (Å²) < 4.78 is 32.4. The van der Waals surface area contributed by atoms with Gasteiger partial charge in [-0.25, -0.2) is 4.57 Å². The Bertz CT molecular complexity index is 807. The molecule has 0 saturated carbocycles. The molecule has 3 unspecified atom stereocenters. The Balaban J connectivity index is 4.24. The van der Waals surface area contributed by atoms with Crippen molar-refractivity contribution >= 4 is 19.8 Å². The topological polar surface area (TPSA) is 149 Å². The largest absolute Gasteiger partial charge is 0.472 e. The molecule has 0 spiro atoms. The number of carbonyl (C=O) groups is 2. The van der Waals surface area contributed by atoms with Crippen molar-refractivity contribution in [1.29, 1.82) is 0 Å². The summed E-state index contributed by atoms with van der Waals surface area (Å²) >= 11 is 0. The first kappa shape index (κ1) is 45.7. The van der Waals surface area contributed by atoms with Crippen molar-refractivity contribution in [1.82, 2.24) is 0 Å². The van der Waals surface area contributed by atoms with Crippen molar-refractivity contribution < 1.29 is 47.8 Å². The Morgan fingerprint density at radius 3 is 1.53 bits per heavy atom. The second-order valence-electron chi connectivity index (χ2n) is 12.6. The minimum absolute atomic E-state index is 0.182. The molecule has 0 bridgehead atoms. The number of allylic oxidation sites excluding steroid dienone is 2. The zero-order valence-corrected chi connectivity index (χ0v) is 30.6. The lowest BCUT2D eigenvalue weighted by atomic mass is 10.1. The standard InChI is InChI=1S/C36H69O10P/c1-3-5-7-9-11-12-13-14-15-16-17-18-19-20-21-22-24-26-28-36(40)46-34(32-45-47(41,42)44-30-33(38)29-37)31-43-35(39)27-25-23-10-8-6-4-2/h15-16,33-34,37-38H,3-14,17-32H2,1-2H3,(H,41,42)/b16-15-. The number of rotatable bonds is 35. The molecule has 0 heterocycles. The van der Waals surface area contributed by atoms with E-state index in [1.807, 2.05) is 0 Å². The minimum Gasteiger partial charge on any atom is -0.462 e.